The maximum Gasteiger partial charge on any atom is 0.0362 e. The first-order chi connectivity index (χ1) is 23.8. The van der Waals surface area contributed by atoms with Crippen LogP contribution in [-0.4, -0.2) is 0 Å². The average Bonchev–Trinajstić information content (AvgIpc) is 3.70. The van der Waals surface area contributed by atoms with E-state index in [-0.39, 0.29) is 0 Å². The van der Waals surface area contributed by atoms with Crippen LogP contribution in [-0.2, 0) is 0 Å². The number of rotatable bonds is 2. The third kappa shape index (κ3) is 3.70. The zero-order valence-electron chi connectivity index (χ0n) is 25.8. The van der Waals surface area contributed by atoms with Crippen LogP contribution in [0.25, 0.3) is 106 Å². The highest BCUT2D eigenvalue weighted by Gasteiger charge is 2.19. The molecule has 0 saturated carbocycles. The van der Waals surface area contributed by atoms with Gasteiger partial charge in [-0.2, -0.15) is 0 Å². The van der Waals surface area contributed by atoms with Crippen LogP contribution in [0.3, 0.4) is 0 Å². The summed E-state index contributed by atoms with van der Waals surface area (Å²) in [5.74, 6) is 0. The number of fused-ring (bicyclic) bond motifs is 11. The van der Waals surface area contributed by atoms with Gasteiger partial charge >= 0.3 is 0 Å². The molecule has 48 heavy (non-hydrogen) atoms. The molecule has 222 valence electrons. The maximum atomic E-state index is 2.44. The summed E-state index contributed by atoms with van der Waals surface area (Å²) in [6, 6.07) is 58.9. The van der Waals surface area contributed by atoms with E-state index < -0.39 is 0 Å². The molecule has 0 radical (unpaired) electrons. The summed E-state index contributed by atoms with van der Waals surface area (Å²) in [7, 11) is 0. The lowest BCUT2D eigenvalue weighted by Gasteiger charge is -2.18. The molecule has 9 aromatic carbocycles. The second kappa shape index (κ2) is 9.98. The molecule has 2 aromatic heterocycles. The van der Waals surface area contributed by atoms with E-state index in [9.17, 15) is 0 Å². The van der Waals surface area contributed by atoms with Crippen molar-refractivity contribution in [1.29, 1.82) is 0 Å². The van der Waals surface area contributed by atoms with Crippen LogP contribution in [0.2, 0.25) is 0 Å². The first-order valence-electron chi connectivity index (χ1n) is 16.4. The van der Waals surface area contributed by atoms with Gasteiger partial charge in [0.05, 0.1) is 0 Å². The van der Waals surface area contributed by atoms with Crippen LogP contribution in [0, 0.1) is 0 Å². The van der Waals surface area contributed by atoms with Gasteiger partial charge in [0.25, 0.3) is 0 Å². The van der Waals surface area contributed by atoms with Crippen molar-refractivity contribution in [3.05, 3.63) is 158 Å². The first kappa shape index (κ1) is 26.5. The molecule has 0 aliphatic carbocycles. The minimum Gasteiger partial charge on any atom is -0.135 e. The van der Waals surface area contributed by atoms with E-state index in [1.807, 2.05) is 22.7 Å². The Kier molecular flexibility index (Phi) is 5.51. The number of hydrogen-bond acceptors (Lipinski definition) is 2. The zero-order chi connectivity index (χ0) is 31.3. The molecule has 0 N–H and O–H groups in total. The second-order valence-corrected chi connectivity index (χ2v) is 15.0. The number of hydrogen-bond donors (Lipinski definition) is 0. The van der Waals surface area contributed by atoms with Gasteiger partial charge in [-0.15, -0.1) is 22.7 Å². The molecule has 0 unspecified atom stereocenters. The molecule has 0 bridgehead atoms. The highest BCUT2D eigenvalue weighted by atomic mass is 32.1. The predicted molar refractivity (Wildman–Crippen MR) is 213 cm³/mol. The first-order valence-corrected chi connectivity index (χ1v) is 18.1. The van der Waals surface area contributed by atoms with Crippen LogP contribution in [0.4, 0.5) is 0 Å². The average molecular weight is 643 g/mol. The Hall–Kier alpha value is -5.54. The molecule has 2 heteroatoms. The topological polar surface area (TPSA) is 0 Å². The summed E-state index contributed by atoms with van der Waals surface area (Å²) in [4.78, 5) is 0. The second-order valence-electron chi connectivity index (χ2n) is 12.8. The summed E-state index contributed by atoms with van der Waals surface area (Å²) in [5, 5.41) is 15.8. The molecule has 11 aromatic rings. The third-order valence-corrected chi connectivity index (χ3v) is 12.5. The van der Waals surface area contributed by atoms with Crippen LogP contribution in [0.15, 0.2) is 158 Å². The largest absolute Gasteiger partial charge is 0.135 e. The third-order valence-electron chi connectivity index (χ3n) is 10.2. The van der Waals surface area contributed by atoms with Gasteiger partial charge in [0.1, 0.15) is 0 Å². The van der Waals surface area contributed by atoms with Gasteiger partial charge in [0.2, 0.25) is 0 Å². The van der Waals surface area contributed by atoms with E-state index in [1.54, 1.807) is 0 Å². The Labute approximate surface area is 284 Å². The molecule has 0 aliphatic rings. The highest BCUT2D eigenvalue weighted by Crippen LogP contribution is 2.48. The molecule has 11 rings (SSSR count). The van der Waals surface area contributed by atoms with Gasteiger partial charge in [0.15, 0.2) is 0 Å². The lowest BCUT2D eigenvalue weighted by atomic mass is 9.84. The lowest BCUT2D eigenvalue weighted by Crippen LogP contribution is -1.91. The van der Waals surface area contributed by atoms with Crippen molar-refractivity contribution in [2.24, 2.45) is 0 Å². The summed E-state index contributed by atoms with van der Waals surface area (Å²) in [6.07, 6.45) is 0. The van der Waals surface area contributed by atoms with Crippen molar-refractivity contribution < 1.29 is 0 Å². The summed E-state index contributed by atoms with van der Waals surface area (Å²) >= 11 is 3.81. The molecule has 0 fully saturated rings. The van der Waals surface area contributed by atoms with Gasteiger partial charge in [-0.05, 0) is 95.7 Å². The maximum absolute atomic E-state index is 2.44. The fourth-order valence-corrected chi connectivity index (χ4v) is 10.4. The normalized spacial score (nSPS) is 12.2. The molecule has 0 saturated heterocycles. The van der Waals surface area contributed by atoms with Gasteiger partial charge in [-0.1, -0.05) is 127 Å². The SMILES string of the molecule is c1ccc2c(-c3c4ccccc4c(-c4ccc5c(c4)sc4ccc6cc7c(cc6c45)sc4ccccc47)c4ccccc34)cccc2c1. The monoisotopic (exact) mass is 642 g/mol. The lowest BCUT2D eigenvalue weighted by molar-refractivity contribution is 1.69. The van der Waals surface area contributed by atoms with Crippen LogP contribution < -0.4 is 0 Å². The van der Waals surface area contributed by atoms with Crippen molar-refractivity contribution >= 4 is 106 Å². The van der Waals surface area contributed by atoms with E-state index in [0.717, 1.165) is 0 Å². The Morgan fingerprint density at radius 1 is 0.292 bits per heavy atom. The van der Waals surface area contributed by atoms with Gasteiger partial charge in [0, 0.05) is 40.3 Å². The fraction of sp³-hybridized carbons (Fsp3) is 0. The van der Waals surface area contributed by atoms with Gasteiger partial charge in [-0.3, -0.25) is 0 Å². The highest BCUT2D eigenvalue weighted by molar-refractivity contribution is 7.26. The quantitative estimate of drug-likeness (QED) is 0.165. The summed E-state index contributed by atoms with van der Waals surface area (Å²) in [5.41, 5.74) is 5.17. The molecule has 0 nitrogen and oxygen atoms in total. The minimum atomic E-state index is 1.27. The Bertz CT molecular complexity index is 3060. The van der Waals surface area contributed by atoms with Crippen LogP contribution in [0.5, 0.6) is 0 Å². The molecule has 0 aliphatic heterocycles. The zero-order valence-corrected chi connectivity index (χ0v) is 27.5. The van der Waals surface area contributed by atoms with Crippen molar-refractivity contribution in [1.82, 2.24) is 0 Å². The van der Waals surface area contributed by atoms with E-state index in [1.165, 1.54) is 106 Å². The van der Waals surface area contributed by atoms with E-state index in [0.29, 0.717) is 0 Å². The van der Waals surface area contributed by atoms with Crippen LogP contribution in [0.1, 0.15) is 0 Å². The predicted octanol–water partition coefficient (Wildman–Crippen LogP) is 14.4. The Morgan fingerprint density at radius 3 is 1.71 bits per heavy atom. The molecule has 0 spiro atoms. The number of thiophene rings is 2. The molecule has 2 heterocycles. The van der Waals surface area contributed by atoms with Crippen molar-refractivity contribution in [2.75, 3.05) is 0 Å². The molecule has 0 amide bonds. The van der Waals surface area contributed by atoms with Gasteiger partial charge in [-0.25, -0.2) is 0 Å². The Balaban J connectivity index is 1.18. The smallest absolute Gasteiger partial charge is 0.0362 e. The summed E-state index contributed by atoms with van der Waals surface area (Å²) < 4.78 is 5.38. The fourth-order valence-electron chi connectivity index (χ4n) is 8.15. The van der Waals surface area contributed by atoms with Crippen molar-refractivity contribution in [3.63, 3.8) is 0 Å². The minimum absolute atomic E-state index is 1.27. The van der Waals surface area contributed by atoms with Crippen molar-refractivity contribution in [2.45, 2.75) is 0 Å². The Morgan fingerprint density at radius 2 is 0.917 bits per heavy atom. The molecular weight excluding hydrogens is 617 g/mol. The standard InChI is InChI=1S/C46H26S2/c1-2-12-30-27(10-1)11-9-18-32(30)45-35-16-5-3-14-33(35)44(34-15-4-6-17-36(34)45)29-20-22-37-42(25-29)48-41-23-21-28-24-39-31-13-7-8-19-40(31)47-43(39)26-38(28)46(37)41/h1-26H. The van der Waals surface area contributed by atoms with E-state index in [4.69, 9.17) is 0 Å². The summed E-state index contributed by atoms with van der Waals surface area (Å²) in [6.45, 7) is 0. The molecular formula is C46H26S2. The van der Waals surface area contributed by atoms with E-state index in [2.05, 4.69) is 158 Å². The van der Waals surface area contributed by atoms with Gasteiger partial charge < -0.3 is 0 Å². The van der Waals surface area contributed by atoms with E-state index >= 15 is 0 Å². The molecule has 0 atom stereocenters. The van der Waals surface area contributed by atoms with Crippen LogP contribution >= 0.6 is 22.7 Å². The number of benzene rings is 9. The van der Waals surface area contributed by atoms with Crippen molar-refractivity contribution in [3.8, 4) is 22.3 Å².